The largest absolute Gasteiger partial charge is 0.481 e. The third kappa shape index (κ3) is 6.70. The number of carbonyl (C=O) groups is 4. The molecule has 1 saturated heterocycles. The van der Waals surface area contributed by atoms with Crippen LogP contribution in [0, 0.1) is 11.8 Å². The number of thiocarbonyl (C=S) groups is 1. The van der Waals surface area contributed by atoms with Crippen LogP contribution in [0.2, 0.25) is 0 Å². The highest BCUT2D eigenvalue weighted by Crippen LogP contribution is 2.44. The standard InChI is InChI=1S/C27H28N2O9S/c30-22(31)9-14-12-37-21(11-24(34)35)25(19(14)10-23(32)33)28-26(39)29-27(36)38-13-20-17-7-3-1-5-15(17)16-6-2-4-8-18(16)20/h1-8,14,19-21,25H,9-13H2,(H,30,31)(H,32,33)(H,34,35)(H2,28,29,36,39). The number of benzene rings is 2. The lowest BCUT2D eigenvalue weighted by molar-refractivity contribution is -0.153. The second-order valence-electron chi connectivity index (χ2n) is 9.54. The molecule has 2 aromatic rings. The van der Waals surface area contributed by atoms with Crippen LogP contribution in [-0.2, 0) is 23.9 Å². The molecule has 2 aliphatic rings. The minimum Gasteiger partial charge on any atom is -0.481 e. The van der Waals surface area contributed by atoms with Gasteiger partial charge < -0.3 is 30.1 Å². The molecule has 5 N–H and O–H groups in total. The lowest BCUT2D eigenvalue weighted by Crippen LogP contribution is -2.58. The summed E-state index contributed by atoms with van der Waals surface area (Å²) in [6.07, 6.45) is -3.14. The van der Waals surface area contributed by atoms with E-state index >= 15 is 0 Å². The fourth-order valence-corrected chi connectivity index (χ4v) is 5.67. The molecule has 4 rings (SSSR count). The number of carbonyl (C=O) groups excluding carboxylic acids is 1. The highest BCUT2D eigenvalue weighted by molar-refractivity contribution is 7.80. The van der Waals surface area contributed by atoms with E-state index in [9.17, 15) is 34.5 Å². The van der Waals surface area contributed by atoms with Crippen LogP contribution in [0.1, 0.15) is 36.3 Å². The zero-order valence-electron chi connectivity index (χ0n) is 20.7. The summed E-state index contributed by atoms with van der Waals surface area (Å²) < 4.78 is 11.1. The van der Waals surface area contributed by atoms with Crippen molar-refractivity contribution in [2.24, 2.45) is 11.8 Å². The minimum absolute atomic E-state index is 0.0407. The maximum absolute atomic E-state index is 12.6. The summed E-state index contributed by atoms with van der Waals surface area (Å²) in [5.41, 5.74) is 4.20. The van der Waals surface area contributed by atoms with Gasteiger partial charge >= 0.3 is 24.0 Å². The van der Waals surface area contributed by atoms with Gasteiger partial charge in [-0.3, -0.25) is 19.7 Å². The van der Waals surface area contributed by atoms with Crippen molar-refractivity contribution in [1.29, 1.82) is 0 Å². The summed E-state index contributed by atoms with van der Waals surface area (Å²) in [5, 5.41) is 33.0. The van der Waals surface area contributed by atoms with Crippen LogP contribution in [-0.4, -0.2) is 69.8 Å². The van der Waals surface area contributed by atoms with Gasteiger partial charge in [-0.25, -0.2) is 4.79 Å². The van der Waals surface area contributed by atoms with E-state index in [4.69, 9.17) is 21.7 Å². The average Bonchev–Trinajstić information content (AvgIpc) is 3.19. The van der Waals surface area contributed by atoms with Crippen LogP contribution in [0.15, 0.2) is 48.5 Å². The van der Waals surface area contributed by atoms with E-state index in [1.165, 1.54) is 0 Å². The zero-order chi connectivity index (χ0) is 28.1. The van der Waals surface area contributed by atoms with Crippen LogP contribution < -0.4 is 10.6 Å². The molecular weight excluding hydrogens is 528 g/mol. The number of rotatable bonds is 9. The Morgan fingerprint density at radius 3 is 2.00 bits per heavy atom. The van der Waals surface area contributed by atoms with Crippen LogP contribution in [0.5, 0.6) is 0 Å². The van der Waals surface area contributed by atoms with Crippen molar-refractivity contribution in [3.8, 4) is 11.1 Å². The first-order valence-electron chi connectivity index (χ1n) is 12.3. The van der Waals surface area contributed by atoms with Gasteiger partial charge in [0.05, 0.1) is 38.0 Å². The molecule has 0 radical (unpaired) electrons. The third-order valence-corrected chi connectivity index (χ3v) is 7.29. The first-order chi connectivity index (χ1) is 18.6. The van der Waals surface area contributed by atoms with E-state index in [2.05, 4.69) is 10.6 Å². The predicted octanol–water partition coefficient (Wildman–Crippen LogP) is 2.82. The van der Waals surface area contributed by atoms with Crippen LogP contribution in [0.4, 0.5) is 4.79 Å². The van der Waals surface area contributed by atoms with E-state index in [0.717, 1.165) is 22.3 Å². The lowest BCUT2D eigenvalue weighted by Gasteiger charge is -2.42. The monoisotopic (exact) mass is 556 g/mol. The summed E-state index contributed by atoms with van der Waals surface area (Å²) in [6.45, 7) is -0.0775. The Morgan fingerprint density at radius 2 is 1.44 bits per heavy atom. The first kappa shape index (κ1) is 28.0. The van der Waals surface area contributed by atoms with E-state index in [1.54, 1.807) is 0 Å². The summed E-state index contributed by atoms with van der Waals surface area (Å²) in [6, 6.07) is 14.7. The van der Waals surface area contributed by atoms with Crippen molar-refractivity contribution >= 4 is 41.3 Å². The molecule has 1 fully saturated rings. The van der Waals surface area contributed by atoms with Gasteiger partial charge in [-0.2, -0.15) is 0 Å². The van der Waals surface area contributed by atoms with E-state index < -0.39 is 60.8 Å². The quantitative estimate of drug-likeness (QED) is 0.288. The molecule has 11 nitrogen and oxygen atoms in total. The van der Waals surface area contributed by atoms with Gasteiger partial charge in [0, 0.05) is 5.92 Å². The second-order valence-corrected chi connectivity index (χ2v) is 9.95. The first-order valence-corrected chi connectivity index (χ1v) is 12.7. The minimum atomic E-state index is -1.19. The van der Waals surface area contributed by atoms with Gasteiger partial charge in [0.25, 0.3) is 0 Å². The number of hydrogen-bond acceptors (Lipinski definition) is 7. The predicted molar refractivity (Wildman–Crippen MR) is 141 cm³/mol. The summed E-state index contributed by atoms with van der Waals surface area (Å²) in [5.74, 6) is -5.22. The molecule has 1 aliphatic carbocycles. The third-order valence-electron chi connectivity index (χ3n) is 7.07. The Hall–Kier alpha value is -4.03. The molecular formula is C27H28N2O9S. The zero-order valence-corrected chi connectivity index (χ0v) is 21.6. The van der Waals surface area contributed by atoms with Crippen LogP contribution in [0.3, 0.4) is 0 Å². The number of alkyl carbamates (subject to hydrolysis) is 1. The Bertz CT molecular complexity index is 1240. The lowest BCUT2D eigenvalue weighted by atomic mass is 9.77. The molecule has 0 spiro atoms. The van der Waals surface area contributed by atoms with Gasteiger partial charge in [0.2, 0.25) is 0 Å². The molecule has 2 aromatic carbocycles. The number of ether oxygens (including phenoxy) is 2. The molecule has 39 heavy (non-hydrogen) atoms. The molecule has 1 heterocycles. The SMILES string of the molecule is O=C(O)CC1COC(CC(=O)O)C(NC(=S)NC(=O)OCC2c3ccccc3-c3ccccc32)C1CC(=O)O. The average molecular weight is 557 g/mol. The van der Waals surface area contributed by atoms with Crippen molar-refractivity contribution in [2.75, 3.05) is 13.2 Å². The van der Waals surface area contributed by atoms with Gasteiger partial charge in [-0.05, 0) is 46.3 Å². The molecule has 1 amide bonds. The normalized spacial score (nSPS) is 21.7. The fourth-order valence-electron chi connectivity index (χ4n) is 5.45. The Morgan fingerprint density at radius 1 is 0.872 bits per heavy atom. The van der Waals surface area contributed by atoms with Crippen molar-refractivity contribution in [3.05, 3.63) is 59.7 Å². The second kappa shape index (κ2) is 12.2. The van der Waals surface area contributed by atoms with Gasteiger partial charge in [0.1, 0.15) is 6.61 Å². The number of amides is 1. The summed E-state index contributed by atoms with van der Waals surface area (Å²) >= 11 is 5.26. The van der Waals surface area contributed by atoms with Crippen molar-refractivity contribution in [3.63, 3.8) is 0 Å². The molecule has 0 saturated carbocycles. The Labute approximate surface area is 229 Å². The highest BCUT2D eigenvalue weighted by Gasteiger charge is 2.43. The molecule has 1 aliphatic heterocycles. The number of carboxylic acid groups (broad SMARTS) is 3. The maximum atomic E-state index is 12.6. The summed E-state index contributed by atoms with van der Waals surface area (Å²) in [4.78, 5) is 47.0. The Balaban J connectivity index is 1.43. The Kier molecular flexibility index (Phi) is 8.77. The van der Waals surface area contributed by atoms with E-state index in [-0.39, 0.29) is 30.7 Å². The molecule has 4 atom stereocenters. The van der Waals surface area contributed by atoms with E-state index in [1.807, 2.05) is 48.5 Å². The van der Waals surface area contributed by atoms with Gasteiger partial charge in [-0.15, -0.1) is 0 Å². The van der Waals surface area contributed by atoms with Gasteiger partial charge in [0.15, 0.2) is 5.11 Å². The topological polar surface area (TPSA) is 171 Å². The molecule has 0 aromatic heterocycles. The van der Waals surface area contributed by atoms with Crippen molar-refractivity contribution in [1.82, 2.24) is 10.6 Å². The van der Waals surface area contributed by atoms with Crippen molar-refractivity contribution < 1.29 is 44.0 Å². The number of carboxylic acids is 3. The number of fused-ring (bicyclic) bond motifs is 3. The van der Waals surface area contributed by atoms with Crippen LogP contribution in [0.25, 0.3) is 11.1 Å². The summed E-state index contributed by atoms with van der Waals surface area (Å²) in [7, 11) is 0. The molecule has 206 valence electrons. The van der Waals surface area contributed by atoms with Gasteiger partial charge in [-0.1, -0.05) is 48.5 Å². The molecule has 0 bridgehead atoms. The molecule has 12 heteroatoms. The fraction of sp³-hybridized carbons (Fsp3) is 0.370. The maximum Gasteiger partial charge on any atom is 0.413 e. The van der Waals surface area contributed by atoms with E-state index in [0.29, 0.717) is 0 Å². The van der Waals surface area contributed by atoms with Crippen LogP contribution >= 0.6 is 12.2 Å². The number of nitrogens with one attached hydrogen (secondary N) is 2. The smallest absolute Gasteiger partial charge is 0.413 e. The highest BCUT2D eigenvalue weighted by atomic mass is 32.1. The van der Waals surface area contributed by atoms with Crippen molar-refractivity contribution in [2.45, 2.75) is 37.3 Å². The molecule has 4 unspecified atom stereocenters. The number of aliphatic carboxylic acids is 3. The number of hydrogen-bond donors (Lipinski definition) is 5.